The number of benzene rings is 2. The molecule has 0 fully saturated rings. The fourth-order valence-corrected chi connectivity index (χ4v) is 4.59. The van der Waals surface area contributed by atoms with Gasteiger partial charge in [-0.3, -0.25) is 9.59 Å². The molecule has 0 radical (unpaired) electrons. The summed E-state index contributed by atoms with van der Waals surface area (Å²) in [4.78, 5) is 26.3. The van der Waals surface area contributed by atoms with Crippen molar-refractivity contribution >= 4 is 35.5 Å². The van der Waals surface area contributed by atoms with Crippen LogP contribution >= 0.6 is 23.5 Å². The second-order valence-corrected chi connectivity index (χ2v) is 6.57. The summed E-state index contributed by atoms with van der Waals surface area (Å²) in [5.74, 6) is -4.24. The van der Waals surface area contributed by atoms with Crippen LogP contribution in [0.2, 0.25) is 0 Å². The molecule has 3 rings (SSSR count). The van der Waals surface area contributed by atoms with Crippen LogP contribution < -0.4 is 0 Å². The lowest BCUT2D eigenvalue weighted by Crippen LogP contribution is -2.22. The third-order valence-corrected chi connectivity index (χ3v) is 5.73. The lowest BCUT2D eigenvalue weighted by molar-refractivity contribution is -0.150. The summed E-state index contributed by atoms with van der Waals surface area (Å²) in [6, 6.07) is 13.0. The number of rotatable bonds is 3. The minimum Gasteiger partial charge on any atom is -0.480 e. The first-order valence-corrected chi connectivity index (χ1v) is 7.74. The Hall–Kier alpha value is -1.92. The highest BCUT2D eigenvalue weighted by Gasteiger charge is 2.32. The van der Waals surface area contributed by atoms with Crippen LogP contribution in [-0.4, -0.2) is 22.2 Å². The largest absolute Gasteiger partial charge is 0.480 e. The molecule has 2 aromatic rings. The second kappa shape index (κ2) is 5.46. The quantitative estimate of drug-likeness (QED) is 0.719. The predicted octanol–water partition coefficient (Wildman–Crippen LogP) is 3.56. The van der Waals surface area contributed by atoms with Crippen LogP contribution in [0.4, 0.5) is 0 Å². The molecule has 0 bridgehead atoms. The number of carboxylic acids is 2. The van der Waals surface area contributed by atoms with Gasteiger partial charge >= 0.3 is 11.9 Å². The first-order chi connectivity index (χ1) is 10.1. The molecular formula is C15H10O4S2. The summed E-state index contributed by atoms with van der Waals surface area (Å²) in [7, 11) is 0. The number of carbonyl (C=O) groups is 2. The van der Waals surface area contributed by atoms with Crippen LogP contribution in [-0.2, 0) is 9.59 Å². The van der Waals surface area contributed by atoms with Crippen LogP contribution in [0, 0.1) is 0 Å². The molecule has 2 N–H and O–H groups in total. The van der Waals surface area contributed by atoms with Crippen LogP contribution in [0.3, 0.4) is 0 Å². The van der Waals surface area contributed by atoms with Crippen molar-refractivity contribution in [3.8, 4) is 0 Å². The summed E-state index contributed by atoms with van der Waals surface area (Å²) < 4.78 is 0. The monoisotopic (exact) mass is 318 g/mol. The number of hydrogen-bond donors (Lipinski definition) is 2. The zero-order valence-corrected chi connectivity index (χ0v) is 12.3. The molecule has 1 aliphatic heterocycles. The Morgan fingerprint density at radius 2 is 1.38 bits per heavy atom. The standard InChI is InChI=1S/C15H10O4S2/c16-14(17)12(15(18)19)8-4-3-7-11-13(8)21-10-6-2-1-5-9(10)20-11/h1-7,12H,(H,16,17)(H,18,19). The number of carboxylic acid groups (broad SMARTS) is 2. The molecule has 0 spiro atoms. The van der Waals surface area contributed by atoms with Crippen molar-refractivity contribution in [2.24, 2.45) is 0 Å². The van der Waals surface area contributed by atoms with E-state index in [9.17, 15) is 19.8 Å². The van der Waals surface area contributed by atoms with E-state index in [1.165, 1.54) is 23.5 Å². The van der Waals surface area contributed by atoms with Gasteiger partial charge in [0.1, 0.15) is 0 Å². The zero-order chi connectivity index (χ0) is 15.0. The highest BCUT2D eigenvalue weighted by atomic mass is 32.2. The summed E-state index contributed by atoms with van der Waals surface area (Å²) in [5.41, 5.74) is 0.333. The third kappa shape index (κ3) is 2.52. The van der Waals surface area contributed by atoms with Crippen LogP contribution in [0.15, 0.2) is 62.0 Å². The van der Waals surface area contributed by atoms with Crippen molar-refractivity contribution in [2.75, 3.05) is 0 Å². The Kier molecular flexibility index (Phi) is 3.65. The molecule has 106 valence electrons. The van der Waals surface area contributed by atoms with E-state index in [-0.39, 0.29) is 0 Å². The molecule has 21 heavy (non-hydrogen) atoms. The van der Waals surface area contributed by atoms with E-state index in [1.54, 1.807) is 12.1 Å². The first kappa shape index (κ1) is 14.0. The summed E-state index contributed by atoms with van der Waals surface area (Å²) in [6.45, 7) is 0. The minimum absolute atomic E-state index is 0.333. The van der Waals surface area contributed by atoms with E-state index in [0.29, 0.717) is 5.56 Å². The molecule has 6 heteroatoms. The van der Waals surface area contributed by atoms with Crippen LogP contribution in [0.25, 0.3) is 0 Å². The van der Waals surface area contributed by atoms with Gasteiger partial charge in [0.2, 0.25) is 0 Å². The average Bonchev–Trinajstić information content (AvgIpc) is 2.45. The number of aliphatic carboxylic acids is 2. The molecule has 0 aromatic heterocycles. The van der Waals surface area contributed by atoms with E-state index >= 15 is 0 Å². The Balaban J connectivity index is 2.11. The molecule has 0 amide bonds. The smallest absolute Gasteiger partial charge is 0.322 e. The molecule has 0 unspecified atom stereocenters. The predicted molar refractivity (Wildman–Crippen MR) is 79.1 cm³/mol. The van der Waals surface area contributed by atoms with E-state index in [4.69, 9.17) is 0 Å². The second-order valence-electron chi connectivity index (χ2n) is 4.43. The topological polar surface area (TPSA) is 74.6 Å². The maximum atomic E-state index is 11.3. The molecule has 1 heterocycles. The van der Waals surface area contributed by atoms with Gasteiger partial charge in [0.15, 0.2) is 5.92 Å². The fourth-order valence-electron chi connectivity index (χ4n) is 2.17. The average molecular weight is 318 g/mol. The highest BCUT2D eigenvalue weighted by Crippen LogP contribution is 2.50. The van der Waals surface area contributed by atoms with Gasteiger partial charge in [-0.25, -0.2) is 0 Å². The van der Waals surface area contributed by atoms with Gasteiger partial charge in [0.25, 0.3) is 0 Å². The highest BCUT2D eigenvalue weighted by molar-refractivity contribution is 8.05. The molecular weight excluding hydrogens is 308 g/mol. The number of hydrogen-bond acceptors (Lipinski definition) is 4. The van der Waals surface area contributed by atoms with Crippen molar-refractivity contribution in [2.45, 2.75) is 25.5 Å². The minimum atomic E-state index is -1.54. The summed E-state index contributed by atoms with van der Waals surface area (Å²) in [5, 5.41) is 18.4. The normalized spacial score (nSPS) is 12.6. The molecule has 0 saturated carbocycles. The first-order valence-electron chi connectivity index (χ1n) is 6.11. The lowest BCUT2D eigenvalue weighted by atomic mass is 9.99. The van der Waals surface area contributed by atoms with E-state index in [1.807, 2.05) is 30.3 Å². The Bertz CT molecular complexity index is 728. The third-order valence-electron chi connectivity index (χ3n) is 3.10. The van der Waals surface area contributed by atoms with Crippen molar-refractivity contribution in [1.29, 1.82) is 0 Å². The lowest BCUT2D eigenvalue weighted by Gasteiger charge is -2.22. The molecule has 0 atom stereocenters. The van der Waals surface area contributed by atoms with Gasteiger partial charge < -0.3 is 10.2 Å². The van der Waals surface area contributed by atoms with Crippen molar-refractivity contribution in [1.82, 2.24) is 0 Å². The van der Waals surface area contributed by atoms with Crippen molar-refractivity contribution in [3.63, 3.8) is 0 Å². The van der Waals surface area contributed by atoms with Gasteiger partial charge in [-0.1, -0.05) is 47.8 Å². The fraction of sp³-hybridized carbons (Fsp3) is 0.0667. The van der Waals surface area contributed by atoms with Gasteiger partial charge in [0, 0.05) is 19.6 Å². The Labute approximate surface area is 129 Å². The Morgan fingerprint density at radius 1 is 0.810 bits per heavy atom. The summed E-state index contributed by atoms with van der Waals surface area (Å²) >= 11 is 2.96. The molecule has 0 saturated heterocycles. The SMILES string of the molecule is O=C(O)C(C(=O)O)c1cccc2c1Sc1ccccc1S2. The van der Waals surface area contributed by atoms with Gasteiger partial charge in [-0.15, -0.1) is 0 Å². The Morgan fingerprint density at radius 3 is 2.00 bits per heavy atom. The van der Waals surface area contributed by atoms with Crippen molar-refractivity contribution < 1.29 is 19.8 Å². The van der Waals surface area contributed by atoms with E-state index < -0.39 is 17.9 Å². The van der Waals surface area contributed by atoms with Gasteiger partial charge in [0.05, 0.1) is 0 Å². The summed E-state index contributed by atoms with van der Waals surface area (Å²) in [6.07, 6.45) is 0. The van der Waals surface area contributed by atoms with Gasteiger partial charge in [-0.2, -0.15) is 0 Å². The van der Waals surface area contributed by atoms with Crippen LogP contribution in [0.1, 0.15) is 11.5 Å². The zero-order valence-electron chi connectivity index (χ0n) is 10.6. The van der Waals surface area contributed by atoms with Crippen molar-refractivity contribution in [3.05, 3.63) is 48.0 Å². The molecule has 2 aromatic carbocycles. The van der Waals surface area contributed by atoms with E-state index in [2.05, 4.69) is 0 Å². The van der Waals surface area contributed by atoms with Gasteiger partial charge in [-0.05, 0) is 23.8 Å². The van der Waals surface area contributed by atoms with E-state index in [0.717, 1.165) is 19.6 Å². The number of fused-ring (bicyclic) bond motifs is 2. The molecule has 4 nitrogen and oxygen atoms in total. The maximum Gasteiger partial charge on any atom is 0.322 e. The molecule has 0 aliphatic carbocycles. The maximum absolute atomic E-state index is 11.3. The van der Waals surface area contributed by atoms with Crippen LogP contribution in [0.5, 0.6) is 0 Å². The molecule has 1 aliphatic rings.